The van der Waals surface area contributed by atoms with Crippen LogP contribution in [-0.2, 0) is 4.79 Å². The number of methoxy groups -OCH3 is 1. The monoisotopic (exact) mass is 427 g/mol. The molecule has 1 aliphatic rings. The Morgan fingerprint density at radius 2 is 2.07 bits per heavy atom. The number of nitrogens with zero attached hydrogens (tertiary/aromatic N) is 1. The van der Waals surface area contributed by atoms with Crippen LogP contribution in [0.3, 0.4) is 0 Å². The average Bonchev–Trinajstić information content (AvgIpc) is 2.99. The highest BCUT2D eigenvalue weighted by molar-refractivity contribution is 8.27. The van der Waals surface area contributed by atoms with Crippen LogP contribution in [0.5, 0.6) is 11.5 Å². The number of carbonyl (C=O) groups excluding carboxylic acids is 1. The average molecular weight is 428 g/mol. The molecule has 8 heteroatoms. The summed E-state index contributed by atoms with van der Waals surface area (Å²) in [6, 6.07) is 11.5. The number of anilines is 1. The molecule has 1 heterocycles. The van der Waals surface area contributed by atoms with E-state index in [0.29, 0.717) is 32.0 Å². The van der Waals surface area contributed by atoms with Gasteiger partial charge in [0.05, 0.1) is 23.3 Å². The number of hydrogen-bond acceptors (Lipinski definition) is 6. The van der Waals surface area contributed by atoms with Crippen LogP contribution in [0.15, 0.2) is 60.0 Å². The van der Waals surface area contributed by atoms with Crippen LogP contribution in [0.1, 0.15) is 15.9 Å². The topological polar surface area (TPSA) is 76.1 Å². The first-order chi connectivity index (χ1) is 14.0. The first kappa shape index (κ1) is 20.6. The number of carboxylic acids is 1. The van der Waals surface area contributed by atoms with Gasteiger partial charge in [-0.1, -0.05) is 54.8 Å². The molecule has 0 saturated carbocycles. The zero-order valence-corrected chi connectivity index (χ0v) is 17.1. The molecule has 148 valence electrons. The van der Waals surface area contributed by atoms with Gasteiger partial charge in [0.1, 0.15) is 6.61 Å². The van der Waals surface area contributed by atoms with E-state index in [1.807, 2.05) is 0 Å². The van der Waals surface area contributed by atoms with Gasteiger partial charge in [0.25, 0.3) is 5.91 Å². The predicted molar refractivity (Wildman–Crippen MR) is 118 cm³/mol. The van der Waals surface area contributed by atoms with Crippen LogP contribution in [0.25, 0.3) is 6.08 Å². The summed E-state index contributed by atoms with van der Waals surface area (Å²) in [7, 11) is 1.54. The van der Waals surface area contributed by atoms with Gasteiger partial charge in [-0.15, -0.1) is 0 Å². The quantitative estimate of drug-likeness (QED) is 0.400. The van der Waals surface area contributed by atoms with Crippen LogP contribution in [-0.4, -0.2) is 35.0 Å². The molecular weight excluding hydrogens is 410 g/mol. The molecule has 0 atom stereocenters. The van der Waals surface area contributed by atoms with E-state index < -0.39 is 5.97 Å². The SMILES string of the molecule is C=CCOc1c(/C=C2\SC(=S)N(c3cccc(C(=O)O)c3)C2=O)cccc1OC. The van der Waals surface area contributed by atoms with Gasteiger partial charge in [-0.05, 0) is 30.3 Å². The maximum atomic E-state index is 13.0. The number of benzene rings is 2. The molecule has 0 spiro atoms. The van der Waals surface area contributed by atoms with Gasteiger partial charge in [-0.3, -0.25) is 9.69 Å². The first-order valence-electron chi connectivity index (χ1n) is 8.48. The van der Waals surface area contributed by atoms with Crippen molar-refractivity contribution in [1.29, 1.82) is 0 Å². The predicted octanol–water partition coefficient (Wildman–Crippen LogP) is 4.36. The van der Waals surface area contributed by atoms with Gasteiger partial charge in [0.15, 0.2) is 15.8 Å². The number of ether oxygens (including phenoxy) is 2. The number of thiocarbonyl (C=S) groups is 1. The lowest BCUT2D eigenvalue weighted by atomic mass is 10.1. The Hall–Kier alpha value is -3.10. The van der Waals surface area contributed by atoms with Crippen LogP contribution in [0, 0.1) is 0 Å². The number of para-hydroxylation sites is 1. The van der Waals surface area contributed by atoms with Crippen molar-refractivity contribution >= 4 is 51.9 Å². The summed E-state index contributed by atoms with van der Waals surface area (Å²) < 4.78 is 11.4. The summed E-state index contributed by atoms with van der Waals surface area (Å²) in [5.74, 6) is -0.383. The third-order valence-corrected chi connectivity index (χ3v) is 5.31. The normalized spacial score (nSPS) is 14.9. The van der Waals surface area contributed by atoms with E-state index in [2.05, 4.69) is 6.58 Å². The number of rotatable bonds is 7. The van der Waals surface area contributed by atoms with Crippen LogP contribution >= 0.6 is 24.0 Å². The van der Waals surface area contributed by atoms with Gasteiger partial charge < -0.3 is 14.6 Å². The highest BCUT2D eigenvalue weighted by atomic mass is 32.2. The fourth-order valence-electron chi connectivity index (χ4n) is 2.71. The number of thioether (sulfide) groups is 1. The van der Waals surface area contributed by atoms with E-state index >= 15 is 0 Å². The van der Waals surface area contributed by atoms with E-state index in [4.69, 9.17) is 21.7 Å². The number of aromatic carboxylic acids is 1. The summed E-state index contributed by atoms with van der Waals surface area (Å²) in [5.41, 5.74) is 1.14. The van der Waals surface area contributed by atoms with Crippen molar-refractivity contribution in [1.82, 2.24) is 0 Å². The highest BCUT2D eigenvalue weighted by Crippen LogP contribution is 2.39. The molecule has 2 aromatic rings. The minimum Gasteiger partial charge on any atom is -0.493 e. The van der Waals surface area contributed by atoms with Crippen molar-refractivity contribution in [3.63, 3.8) is 0 Å². The maximum absolute atomic E-state index is 13.0. The Balaban J connectivity index is 1.98. The van der Waals surface area contributed by atoms with Gasteiger partial charge in [-0.25, -0.2) is 4.79 Å². The van der Waals surface area contributed by atoms with Crippen molar-refractivity contribution < 1.29 is 24.2 Å². The van der Waals surface area contributed by atoms with Crippen LogP contribution < -0.4 is 14.4 Å². The maximum Gasteiger partial charge on any atom is 0.335 e. The minimum absolute atomic E-state index is 0.0773. The van der Waals surface area contributed by atoms with E-state index in [1.54, 1.807) is 42.5 Å². The standard InChI is InChI=1S/C21H17NO5S2/c1-3-10-27-18-13(6-5-9-16(18)26-2)12-17-19(23)22(21(28)29-17)15-8-4-7-14(11-15)20(24)25/h3-9,11-12H,1,10H2,2H3,(H,24,25)/b17-12-. The summed E-state index contributed by atoms with van der Waals surface area (Å²) in [5, 5.41) is 9.20. The first-order valence-corrected chi connectivity index (χ1v) is 9.70. The smallest absolute Gasteiger partial charge is 0.335 e. The molecule has 1 saturated heterocycles. The molecule has 1 aliphatic heterocycles. The molecular formula is C21H17NO5S2. The second-order valence-electron chi connectivity index (χ2n) is 5.85. The third-order valence-electron chi connectivity index (χ3n) is 4.01. The second-order valence-corrected chi connectivity index (χ2v) is 7.53. The lowest BCUT2D eigenvalue weighted by Crippen LogP contribution is -2.27. The Kier molecular flexibility index (Phi) is 6.36. The second kappa shape index (κ2) is 8.93. The van der Waals surface area contributed by atoms with Gasteiger partial charge >= 0.3 is 5.97 Å². The number of carboxylic acid groups (broad SMARTS) is 1. The van der Waals surface area contributed by atoms with Crippen molar-refractivity contribution in [2.75, 3.05) is 18.6 Å². The fraction of sp³-hybridized carbons (Fsp3) is 0.0952. The third kappa shape index (κ3) is 4.33. The largest absolute Gasteiger partial charge is 0.493 e. The van der Waals surface area contributed by atoms with Gasteiger partial charge in [0, 0.05) is 5.56 Å². The van der Waals surface area contributed by atoms with Crippen molar-refractivity contribution in [3.8, 4) is 11.5 Å². The lowest BCUT2D eigenvalue weighted by Gasteiger charge is -2.15. The zero-order valence-electron chi connectivity index (χ0n) is 15.5. The molecule has 1 fully saturated rings. The zero-order chi connectivity index (χ0) is 21.0. The van der Waals surface area contributed by atoms with Crippen LogP contribution in [0.2, 0.25) is 0 Å². The fourth-order valence-corrected chi connectivity index (χ4v) is 4.00. The molecule has 1 N–H and O–H groups in total. The Labute approximate surface area is 177 Å². The summed E-state index contributed by atoms with van der Waals surface area (Å²) in [6.07, 6.45) is 3.30. The molecule has 29 heavy (non-hydrogen) atoms. The molecule has 0 radical (unpaired) electrons. The highest BCUT2D eigenvalue weighted by Gasteiger charge is 2.34. The lowest BCUT2D eigenvalue weighted by molar-refractivity contribution is -0.113. The van der Waals surface area contributed by atoms with E-state index in [9.17, 15) is 14.7 Å². The molecule has 2 aromatic carbocycles. The minimum atomic E-state index is -1.08. The molecule has 0 aromatic heterocycles. The van der Waals surface area contributed by atoms with Gasteiger partial charge in [0.2, 0.25) is 0 Å². The van der Waals surface area contributed by atoms with E-state index in [-0.39, 0.29) is 18.1 Å². The number of amides is 1. The number of hydrogen-bond donors (Lipinski definition) is 1. The summed E-state index contributed by atoms with van der Waals surface area (Å²) in [6.45, 7) is 3.93. The Morgan fingerprint density at radius 1 is 1.31 bits per heavy atom. The molecule has 0 aliphatic carbocycles. The number of carbonyl (C=O) groups is 2. The van der Waals surface area contributed by atoms with Crippen molar-refractivity contribution in [3.05, 3.63) is 71.2 Å². The molecule has 1 amide bonds. The molecule has 6 nitrogen and oxygen atoms in total. The summed E-state index contributed by atoms with van der Waals surface area (Å²) >= 11 is 6.50. The van der Waals surface area contributed by atoms with Crippen molar-refractivity contribution in [2.45, 2.75) is 0 Å². The Morgan fingerprint density at radius 3 is 2.76 bits per heavy atom. The van der Waals surface area contributed by atoms with E-state index in [0.717, 1.165) is 11.8 Å². The molecule has 0 unspecified atom stereocenters. The Bertz CT molecular complexity index is 1030. The molecule has 3 rings (SSSR count). The van der Waals surface area contributed by atoms with Gasteiger partial charge in [-0.2, -0.15) is 0 Å². The molecule has 0 bridgehead atoms. The summed E-state index contributed by atoms with van der Waals surface area (Å²) in [4.78, 5) is 25.9. The van der Waals surface area contributed by atoms with Crippen LogP contribution in [0.4, 0.5) is 5.69 Å². The van der Waals surface area contributed by atoms with E-state index in [1.165, 1.54) is 24.1 Å². The van der Waals surface area contributed by atoms with Crippen molar-refractivity contribution in [2.24, 2.45) is 0 Å².